The number of hydrogen-bond donors (Lipinski definition) is 1. The van der Waals surface area contributed by atoms with Gasteiger partial charge in [0, 0.05) is 37.8 Å². The van der Waals surface area contributed by atoms with E-state index < -0.39 is 0 Å². The van der Waals surface area contributed by atoms with Gasteiger partial charge in [0.05, 0.1) is 0 Å². The van der Waals surface area contributed by atoms with Gasteiger partial charge in [0.25, 0.3) is 0 Å². The lowest BCUT2D eigenvalue weighted by molar-refractivity contribution is 0.0117. The molecule has 3 nitrogen and oxygen atoms in total. The van der Waals surface area contributed by atoms with Crippen molar-refractivity contribution in [1.82, 2.24) is 15.1 Å². The minimum atomic E-state index is 0.353. The Kier molecular flexibility index (Phi) is 6.10. The van der Waals surface area contributed by atoms with E-state index in [-0.39, 0.29) is 0 Å². The molecule has 0 aromatic rings. The van der Waals surface area contributed by atoms with E-state index in [2.05, 4.69) is 49.7 Å². The summed E-state index contributed by atoms with van der Waals surface area (Å²) in [6.45, 7) is 18.0. The summed E-state index contributed by atoms with van der Waals surface area (Å²) in [6, 6.07) is 2.18. The molecule has 0 aliphatic carbocycles. The molecule has 3 heteroatoms. The van der Waals surface area contributed by atoms with Gasteiger partial charge in [-0.25, -0.2) is 0 Å². The summed E-state index contributed by atoms with van der Waals surface area (Å²) >= 11 is 0. The average molecular weight is 296 g/mol. The third-order valence-electron chi connectivity index (χ3n) is 5.52. The minimum Gasteiger partial charge on any atom is -0.314 e. The van der Waals surface area contributed by atoms with Crippen LogP contribution in [0.3, 0.4) is 0 Å². The number of rotatable bonds is 5. The van der Waals surface area contributed by atoms with E-state index in [1.54, 1.807) is 0 Å². The van der Waals surface area contributed by atoms with Crippen LogP contribution >= 0.6 is 0 Å². The molecule has 2 fully saturated rings. The molecule has 3 unspecified atom stereocenters. The Balaban J connectivity index is 1.86. The molecule has 2 rings (SSSR count). The fraction of sp³-hybridized carbons (Fsp3) is 1.00. The van der Waals surface area contributed by atoms with E-state index >= 15 is 0 Å². The third kappa shape index (κ3) is 4.67. The summed E-state index contributed by atoms with van der Waals surface area (Å²) in [7, 11) is 0. The number of piperazine rings is 1. The van der Waals surface area contributed by atoms with E-state index in [9.17, 15) is 0 Å². The highest BCUT2D eigenvalue weighted by Crippen LogP contribution is 2.26. The van der Waals surface area contributed by atoms with Crippen LogP contribution in [-0.2, 0) is 0 Å². The number of piperidine rings is 1. The first kappa shape index (κ1) is 17.2. The maximum Gasteiger partial charge on any atom is 0.0223 e. The van der Waals surface area contributed by atoms with Gasteiger partial charge < -0.3 is 5.32 Å². The minimum absolute atomic E-state index is 0.353. The van der Waals surface area contributed by atoms with Gasteiger partial charge in [-0.15, -0.1) is 0 Å². The highest BCUT2D eigenvalue weighted by molar-refractivity contribution is 4.90. The fourth-order valence-corrected chi connectivity index (χ4v) is 4.11. The standard InChI is InChI=1S/C18H37N3/c1-6-19-17(18(3,4)5)10-12-20-14-16-9-7-8-11-21(16)13-15(20)2/h15-17,19H,6-14H2,1-5H3. The Bertz CT molecular complexity index is 310. The Morgan fingerprint density at radius 2 is 1.95 bits per heavy atom. The lowest BCUT2D eigenvalue weighted by Crippen LogP contribution is -2.59. The summed E-state index contributed by atoms with van der Waals surface area (Å²) in [5.41, 5.74) is 0.353. The fourth-order valence-electron chi connectivity index (χ4n) is 4.11. The molecule has 1 N–H and O–H groups in total. The molecule has 2 heterocycles. The zero-order valence-electron chi connectivity index (χ0n) is 15.0. The normalized spacial score (nSPS) is 30.1. The van der Waals surface area contributed by atoms with Crippen LogP contribution in [0.2, 0.25) is 0 Å². The molecule has 2 saturated heterocycles. The van der Waals surface area contributed by atoms with Gasteiger partial charge in [-0.3, -0.25) is 9.80 Å². The predicted molar refractivity (Wildman–Crippen MR) is 91.8 cm³/mol. The molecule has 124 valence electrons. The second-order valence-electron chi connectivity index (χ2n) is 8.25. The van der Waals surface area contributed by atoms with Crippen molar-refractivity contribution in [1.29, 1.82) is 0 Å². The van der Waals surface area contributed by atoms with Crippen LogP contribution < -0.4 is 5.32 Å². The average Bonchev–Trinajstić information content (AvgIpc) is 2.42. The first-order chi connectivity index (χ1) is 9.91. The number of fused-ring (bicyclic) bond motifs is 1. The molecule has 0 aromatic heterocycles. The van der Waals surface area contributed by atoms with Crippen molar-refractivity contribution in [3.63, 3.8) is 0 Å². The van der Waals surface area contributed by atoms with E-state index in [0.29, 0.717) is 11.5 Å². The first-order valence-electron chi connectivity index (χ1n) is 9.13. The van der Waals surface area contributed by atoms with Crippen molar-refractivity contribution < 1.29 is 0 Å². The molecule has 2 aliphatic heterocycles. The lowest BCUT2D eigenvalue weighted by atomic mass is 9.84. The van der Waals surface area contributed by atoms with E-state index in [1.807, 2.05) is 0 Å². The monoisotopic (exact) mass is 295 g/mol. The van der Waals surface area contributed by atoms with Gasteiger partial charge >= 0.3 is 0 Å². The van der Waals surface area contributed by atoms with Crippen LogP contribution in [-0.4, -0.2) is 60.6 Å². The Morgan fingerprint density at radius 3 is 2.62 bits per heavy atom. The molecule has 0 spiro atoms. The third-order valence-corrected chi connectivity index (χ3v) is 5.52. The molecule has 3 atom stereocenters. The Labute approximate surface area is 132 Å². The van der Waals surface area contributed by atoms with Crippen molar-refractivity contribution in [3.8, 4) is 0 Å². The van der Waals surface area contributed by atoms with Crippen LogP contribution in [0.15, 0.2) is 0 Å². The molecular formula is C18H37N3. The zero-order chi connectivity index (χ0) is 15.5. The van der Waals surface area contributed by atoms with Crippen molar-refractivity contribution in [2.24, 2.45) is 5.41 Å². The van der Waals surface area contributed by atoms with Crippen LogP contribution in [0.25, 0.3) is 0 Å². The largest absolute Gasteiger partial charge is 0.314 e. The highest BCUT2D eigenvalue weighted by Gasteiger charge is 2.33. The quantitative estimate of drug-likeness (QED) is 0.841. The van der Waals surface area contributed by atoms with Crippen molar-refractivity contribution in [3.05, 3.63) is 0 Å². The van der Waals surface area contributed by atoms with Crippen LogP contribution in [0.5, 0.6) is 0 Å². The molecule has 0 amide bonds. The Morgan fingerprint density at radius 1 is 1.19 bits per heavy atom. The van der Waals surface area contributed by atoms with Gasteiger partial charge in [0.1, 0.15) is 0 Å². The van der Waals surface area contributed by atoms with E-state index in [0.717, 1.165) is 18.6 Å². The molecular weight excluding hydrogens is 258 g/mol. The van der Waals surface area contributed by atoms with Crippen molar-refractivity contribution >= 4 is 0 Å². The van der Waals surface area contributed by atoms with E-state index in [4.69, 9.17) is 0 Å². The molecule has 0 saturated carbocycles. The highest BCUT2D eigenvalue weighted by atomic mass is 15.3. The van der Waals surface area contributed by atoms with Crippen LogP contribution in [0, 0.1) is 5.41 Å². The van der Waals surface area contributed by atoms with Gasteiger partial charge in [0.2, 0.25) is 0 Å². The molecule has 0 bridgehead atoms. The number of nitrogens with one attached hydrogen (secondary N) is 1. The second-order valence-corrected chi connectivity index (χ2v) is 8.25. The first-order valence-corrected chi connectivity index (χ1v) is 9.13. The maximum atomic E-state index is 3.70. The summed E-state index contributed by atoms with van der Waals surface area (Å²) < 4.78 is 0. The number of hydrogen-bond acceptors (Lipinski definition) is 3. The summed E-state index contributed by atoms with van der Waals surface area (Å²) in [4.78, 5) is 5.50. The van der Waals surface area contributed by atoms with Crippen LogP contribution in [0.4, 0.5) is 0 Å². The van der Waals surface area contributed by atoms with Gasteiger partial charge in [0.15, 0.2) is 0 Å². The second kappa shape index (κ2) is 7.43. The molecule has 21 heavy (non-hydrogen) atoms. The topological polar surface area (TPSA) is 18.5 Å². The smallest absolute Gasteiger partial charge is 0.0223 e. The molecule has 0 aromatic carbocycles. The molecule has 0 radical (unpaired) electrons. The maximum absolute atomic E-state index is 3.70. The van der Waals surface area contributed by atoms with Crippen LogP contribution in [0.1, 0.15) is 60.3 Å². The predicted octanol–water partition coefficient (Wildman–Crippen LogP) is 2.96. The summed E-state index contributed by atoms with van der Waals surface area (Å²) in [5, 5.41) is 3.70. The molecule has 2 aliphatic rings. The van der Waals surface area contributed by atoms with Gasteiger partial charge in [-0.2, -0.15) is 0 Å². The van der Waals surface area contributed by atoms with E-state index in [1.165, 1.54) is 51.9 Å². The number of nitrogens with zero attached hydrogens (tertiary/aromatic N) is 2. The van der Waals surface area contributed by atoms with Gasteiger partial charge in [-0.05, 0) is 44.7 Å². The van der Waals surface area contributed by atoms with Crippen molar-refractivity contribution in [2.75, 3.05) is 32.7 Å². The summed E-state index contributed by atoms with van der Waals surface area (Å²) in [5.74, 6) is 0. The Hall–Kier alpha value is -0.120. The van der Waals surface area contributed by atoms with Gasteiger partial charge in [-0.1, -0.05) is 34.1 Å². The van der Waals surface area contributed by atoms with Crippen molar-refractivity contribution in [2.45, 2.75) is 78.4 Å². The lowest BCUT2D eigenvalue weighted by Gasteiger charge is -2.48. The SMILES string of the molecule is CCNC(CCN1CC2CCCCN2CC1C)C(C)(C)C. The summed E-state index contributed by atoms with van der Waals surface area (Å²) in [6.07, 6.45) is 5.54. The zero-order valence-corrected chi connectivity index (χ0v) is 15.0.